The Hall–Kier alpha value is -1.30. The van der Waals surface area contributed by atoms with Crippen molar-refractivity contribution in [2.45, 2.75) is 6.42 Å². The molecule has 1 N–H and O–H groups in total. The molecule has 1 heterocycles. The fraction of sp³-hybridized carbons (Fsp3) is 0.562. The minimum absolute atomic E-state index is 0.106. The molecule has 2 rings (SSSR count). The van der Waals surface area contributed by atoms with Crippen LogP contribution in [0.2, 0.25) is 5.02 Å². The van der Waals surface area contributed by atoms with Gasteiger partial charge < -0.3 is 19.7 Å². The number of carbonyl (C=O) groups is 1. The third-order valence-electron chi connectivity index (χ3n) is 3.96. The molecule has 1 unspecified atom stereocenters. The Bertz CT molecular complexity index is 504. The summed E-state index contributed by atoms with van der Waals surface area (Å²) in [5, 5.41) is 3.89. The van der Waals surface area contributed by atoms with Crippen LogP contribution in [-0.2, 0) is 9.53 Å². The van der Waals surface area contributed by atoms with E-state index in [0.29, 0.717) is 37.1 Å². The van der Waals surface area contributed by atoms with Crippen LogP contribution in [0, 0.1) is 5.41 Å². The molecule has 5 nitrogen and oxygen atoms in total. The van der Waals surface area contributed by atoms with Crippen molar-refractivity contribution < 1.29 is 14.3 Å². The van der Waals surface area contributed by atoms with Gasteiger partial charge in [-0.15, -0.1) is 0 Å². The summed E-state index contributed by atoms with van der Waals surface area (Å²) < 4.78 is 10.9. The van der Waals surface area contributed by atoms with Gasteiger partial charge >= 0.3 is 0 Å². The predicted octanol–water partition coefficient (Wildman–Crippen LogP) is 1.80. The van der Waals surface area contributed by atoms with Gasteiger partial charge in [-0.25, -0.2) is 0 Å². The van der Waals surface area contributed by atoms with E-state index in [1.54, 1.807) is 31.2 Å². The van der Waals surface area contributed by atoms with Crippen LogP contribution in [0.4, 0.5) is 0 Å². The summed E-state index contributed by atoms with van der Waals surface area (Å²) in [6, 6.07) is 7.24. The topological polar surface area (TPSA) is 50.8 Å². The van der Waals surface area contributed by atoms with Gasteiger partial charge in [0.05, 0.1) is 18.6 Å². The fourth-order valence-electron chi connectivity index (χ4n) is 2.75. The summed E-state index contributed by atoms with van der Waals surface area (Å²) in [5.74, 6) is 0.816. The molecule has 0 bridgehead atoms. The number of methoxy groups -OCH3 is 1. The van der Waals surface area contributed by atoms with Crippen LogP contribution in [0.1, 0.15) is 6.42 Å². The SMILES string of the molecule is COCC1(C(=O)N(C)CCOc2cccc(Cl)c2)CCNC1. The van der Waals surface area contributed by atoms with Crippen LogP contribution in [-0.4, -0.2) is 57.8 Å². The Morgan fingerprint density at radius 3 is 2.95 bits per heavy atom. The number of carbonyl (C=O) groups excluding carboxylic acids is 1. The standard InChI is InChI=1S/C16H23ClN2O3/c1-19(8-9-22-14-5-3-4-13(17)10-14)15(20)16(12-21-2)6-7-18-11-16/h3-5,10,18H,6-9,11-12H2,1-2H3. The van der Waals surface area contributed by atoms with E-state index in [0.717, 1.165) is 13.0 Å². The van der Waals surface area contributed by atoms with E-state index in [-0.39, 0.29) is 5.91 Å². The second-order valence-corrected chi connectivity index (χ2v) is 6.11. The number of rotatable bonds is 7. The minimum atomic E-state index is -0.445. The number of hydrogen-bond acceptors (Lipinski definition) is 4. The summed E-state index contributed by atoms with van der Waals surface area (Å²) in [5.41, 5.74) is -0.445. The number of amides is 1. The van der Waals surface area contributed by atoms with Crippen molar-refractivity contribution in [1.29, 1.82) is 0 Å². The van der Waals surface area contributed by atoms with Crippen molar-refractivity contribution in [3.63, 3.8) is 0 Å². The van der Waals surface area contributed by atoms with E-state index in [1.807, 2.05) is 12.1 Å². The third-order valence-corrected chi connectivity index (χ3v) is 4.19. The number of halogens is 1. The second kappa shape index (κ2) is 7.81. The van der Waals surface area contributed by atoms with Gasteiger partial charge in [-0.3, -0.25) is 4.79 Å². The molecule has 1 aromatic rings. The molecule has 6 heteroatoms. The Balaban J connectivity index is 1.85. The van der Waals surface area contributed by atoms with Gasteiger partial charge in [0.15, 0.2) is 0 Å². The molecular formula is C16H23ClN2O3. The van der Waals surface area contributed by atoms with Crippen molar-refractivity contribution in [3.8, 4) is 5.75 Å². The highest BCUT2D eigenvalue weighted by molar-refractivity contribution is 6.30. The first-order valence-corrected chi connectivity index (χ1v) is 7.79. The molecule has 22 heavy (non-hydrogen) atoms. The minimum Gasteiger partial charge on any atom is -0.492 e. The first kappa shape index (κ1) is 17.1. The number of ether oxygens (including phenoxy) is 2. The maximum absolute atomic E-state index is 12.7. The van der Waals surface area contributed by atoms with Crippen LogP contribution in [0.3, 0.4) is 0 Å². The zero-order chi connectivity index (χ0) is 16.0. The van der Waals surface area contributed by atoms with Crippen LogP contribution >= 0.6 is 11.6 Å². The molecule has 1 fully saturated rings. The predicted molar refractivity (Wildman–Crippen MR) is 86.4 cm³/mol. The average Bonchev–Trinajstić information content (AvgIpc) is 2.96. The third kappa shape index (κ3) is 4.12. The van der Waals surface area contributed by atoms with Gasteiger partial charge in [0.1, 0.15) is 12.4 Å². The molecule has 0 saturated carbocycles. The van der Waals surface area contributed by atoms with Gasteiger partial charge in [-0.05, 0) is 31.2 Å². The first-order chi connectivity index (χ1) is 10.6. The van der Waals surface area contributed by atoms with E-state index in [9.17, 15) is 4.79 Å². The molecule has 122 valence electrons. The normalized spacial score (nSPS) is 20.9. The summed E-state index contributed by atoms with van der Waals surface area (Å²) in [7, 11) is 3.44. The van der Waals surface area contributed by atoms with E-state index in [1.165, 1.54) is 0 Å². The molecule has 0 spiro atoms. The molecular weight excluding hydrogens is 304 g/mol. The van der Waals surface area contributed by atoms with Gasteiger partial charge in [-0.1, -0.05) is 17.7 Å². The highest BCUT2D eigenvalue weighted by atomic mass is 35.5. The molecule has 1 saturated heterocycles. The van der Waals surface area contributed by atoms with Crippen molar-refractivity contribution in [3.05, 3.63) is 29.3 Å². The van der Waals surface area contributed by atoms with Crippen molar-refractivity contribution in [2.75, 3.05) is 47.0 Å². The van der Waals surface area contributed by atoms with Crippen LogP contribution < -0.4 is 10.1 Å². The van der Waals surface area contributed by atoms with Crippen LogP contribution in [0.25, 0.3) is 0 Å². The zero-order valence-electron chi connectivity index (χ0n) is 13.1. The molecule has 0 aromatic heterocycles. The lowest BCUT2D eigenvalue weighted by Gasteiger charge is -2.31. The number of hydrogen-bond donors (Lipinski definition) is 1. The fourth-order valence-corrected chi connectivity index (χ4v) is 2.93. The number of benzene rings is 1. The van der Waals surface area contributed by atoms with Crippen LogP contribution in [0.15, 0.2) is 24.3 Å². The Morgan fingerprint density at radius 1 is 1.50 bits per heavy atom. The van der Waals surface area contributed by atoms with E-state index in [2.05, 4.69) is 5.32 Å². The summed E-state index contributed by atoms with van der Waals surface area (Å²) in [6.45, 7) is 2.91. The molecule has 0 radical (unpaired) electrons. The van der Waals surface area contributed by atoms with Crippen molar-refractivity contribution in [1.82, 2.24) is 10.2 Å². The number of nitrogens with one attached hydrogen (secondary N) is 1. The van der Waals surface area contributed by atoms with E-state index < -0.39 is 5.41 Å². The zero-order valence-corrected chi connectivity index (χ0v) is 13.9. The summed E-state index contributed by atoms with van der Waals surface area (Å²) in [6.07, 6.45) is 0.805. The second-order valence-electron chi connectivity index (χ2n) is 5.67. The smallest absolute Gasteiger partial charge is 0.232 e. The molecule has 1 aliphatic rings. The first-order valence-electron chi connectivity index (χ1n) is 7.41. The lowest BCUT2D eigenvalue weighted by atomic mass is 9.86. The van der Waals surface area contributed by atoms with Gasteiger partial charge in [-0.2, -0.15) is 0 Å². The lowest BCUT2D eigenvalue weighted by molar-refractivity contribution is -0.143. The monoisotopic (exact) mass is 326 g/mol. The van der Waals surface area contributed by atoms with E-state index >= 15 is 0 Å². The largest absolute Gasteiger partial charge is 0.492 e. The maximum atomic E-state index is 12.7. The Morgan fingerprint density at radius 2 is 2.32 bits per heavy atom. The van der Waals surface area contributed by atoms with Gasteiger partial charge in [0.2, 0.25) is 5.91 Å². The molecule has 1 aromatic carbocycles. The van der Waals surface area contributed by atoms with Gasteiger partial charge in [0.25, 0.3) is 0 Å². The summed E-state index contributed by atoms with van der Waals surface area (Å²) in [4.78, 5) is 14.4. The molecule has 1 amide bonds. The Labute approximate surface area is 136 Å². The van der Waals surface area contributed by atoms with E-state index in [4.69, 9.17) is 21.1 Å². The highest BCUT2D eigenvalue weighted by Crippen LogP contribution is 2.28. The van der Waals surface area contributed by atoms with Crippen molar-refractivity contribution >= 4 is 17.5 Å². The quantitative estimate of drug-likeness (QED) is 0.830. The number of likely N-dealkylation sites (N-methyl/N-ethyl adjacent to an activating group) is 1. The highest BCUT2D eigenvalue weighted by Gasteiger charge is 2.42. The maximum Gasteiger partial charge on any atom is 0.232 e. The van der Waals surface area contributed by atoms with Crippen LogP contribution in [0.5, 0.6) is 5.75 Å². The Kier molecular flexibility index (Phi) is 6.06. The molecule has 0 aliphatic carbocycles. The van der Waals surface area contributed by atoms with Crippen molar-refractivity contribution in [2.24, 2.45) is 5.41 Å². The number of nitrogens with zero attached hydrogens (tertiary/aromatic N) is 1. The van der Waals surface area contributed by atoms with Gasteiger partial charge in [0, 0.05) is 25.7 Å². The molecule has 1 aliphatic heterocycles. The summed E-state index contributed by atoms with van der Waals surface area (Å²) >= 11 is 5.91. The lowest BCUT2D eigenvalue weighted by Crippen LogP contribution is -2.47. The molecule has 1 atom stereocenters. The average molecular weight is 327 g/mol.